The fourth-order valence-corrected chi connectivity index (χ4v) is 2.04. The summed E-state index contributed by atoms with van der Waals surface area (Å²) in [6, 6.07) is 0. The van der Waals surface area contributed by atoms with Crippen molar-refractivity contribution in [1.29, 1.82) is 0 Å². The van der Waals surface area contributed by atoms with E-state index in [2.05, 4.69) is 11.3 Å². The number of rotatable bonds is 10. The lowest BCUT2D eigenvalue weighted by molar-refractivity contribution is -0.182. The van der Waals surface area contributed by atoms with Crippen molar-refractivity contribution in [2.45, 2.75) is 94.0 Å². The highest BCUT2D eigenvalue weighted by atomic mass is 16.8. The lowest BCUT2D eigenvalue weighted by Crippen LogP contribution is -2.31. The number of esters is 2. The van der Waals surface area contributed by atoms with Gasteiger partial charge in [0, 0.05) is 0 Å². The second-order valence-corrected chi connectivity index (χ2v) is 5.68. The van der Waals surface area contributed by atoms with Gasteiger partial charge in [-0.05, 0) is 27.7 Å². The molecule has 0 aromatic rings. The second kappa shape index (κ2) is 27.3. The summed E-state index contributed by atoms with van der Waals surface area (Å²) in [5, 5.41) is 0. The van der Waals surface area contributed by atoms with Gasteiger partial charge in [0.05, 0.1) is 39.5 Å². The molecule has 1 heterocycles. The molecule has 0 amide bonds. The van der Waals surface area contributed by atoms with E-state index in [4.69, 9.17) is 18.9 Å². The summed E-state index contributed by atoms with van der Waals surface area (Å²) in [7, 11) is 0. The first-order valence-corrected chi connectivity index (χ1v) is 11.6. The molecule has 1 fully saturated rings. The first kappa shape index (κ1) is 37.5. The minimum Gasteiger partial charge on any atom is -0.466 e. The van der Waals surface area contributed by atoms with Gasteiger partial charge in [-0.2, -0.15) is 0 Å². The van der Waals surface area contributed by atoms with E-state index in [1.807, 2.05) is 41.5 Å². The van der Waals surface area contributed by atoms with Crippen LogP contribution in [0.1, 0.15) is 82.1 Å². The van der Waals surface area contributed by atoms with Crippen LogP contribution in [0.15, 0.2) is 12.7 Å². The van der Waals surface area contributed by atoms with Crippen molar-refractivity contribution in [3.63, 3.8) is 0 Å². The zero-order chi connectivity index (χ0) is 26.0. The maximum atomic E-state index is 11.3. The number of ether oxygens (including phenoxy) is 5. The molecule has 32 heavy (non-hydrogen) atoms. The molecule has 0 aliphatic carbocycles. The summed E-state index contributed by atoms with van der Waals surface area (Å²) < 4.78 is 25.7. The smallest absolute Gasteiger partial charge is 0.313 e. The summed E-state index contributed by atoms with van der Waals surface area (Å²) in [5.41, 5.74) is 0. The Balaban J connectivity index is -0.000000221. The van der Waals surface area contributed by atoms with Gasteiger partial charge < -0.3 is 23.7 Å². The van der Waals surface area contributed by atoms with Gasteiger partial charge >= 0.3 is 11.9 Å². The third-order valence-corrected chi connectivity index (χ3v) is 3.00. The van der Waals surface area contributed by atoms with E-state index >= 15 is 0 Å². The van der Waals surface area contributed by atoms with E-state index in [0.29, 0.717) is 33.0 Å². The average molecular weight is 465 g/mol. The predicted octanol–water partition coefficient (Wildman–Crippen LogP) is 4.88. The van der Waals surface area contributed by atoms with Gasteiger partial charge in [0.1, 0.15) is 18.3 Å². The molecule has 0 aromatic heterocycles. The molecule has 1 aliphatic heterocycles. The highest BCUT2D eigenvalue weighted by Gasteiger charge is 2.39. The van der Waals surface area contributed by atoms with Crippen LogP contribution in [0.25, 0.3) is 0 Å². The van der Waals surface area contributed by atoms with Gasteiger partial charge in [-0.15, -0.1) is 6.58 Å². The SMILES string of the molecule is C=CCOCC1COC(C)(CC(=O)OCC)O1.CC.CC.CC.CCOC(=O)CC(C)=O. The molecule has 1 saturated heterocycles. The molecule has 0 saturated carbocycles. The molecule has 0 N–H and O–H groups in total. The van der Waals surface area contributed by atoms with Crippen LogP contribution >= 0.6 is 0 Å². The zero-order valence-corrected chi connectivity index (χ0v) is 22.1. The van der Waals surface area contributed by atoms with Crippen LogP contribution in [-0.2, 0) is 38.1 Å². The van der Waals surface area contributed by atoms with Gasteiger partial charge in [0.15, 0.2) is 5.79 Å². The van der Waals surface area contributed by atoms with Crippen LogP contribution in [0.5, 0.6) is 0 Å². The van der Waals surface area contributed by atoms with Gasteiger partial charge in [-0.25, -0.2) is 0 Å². The summed E-state index contributed by atoms with van der Waals surface area (Å²) in [5.74, 6) is -1.81. The Kier molecular flexibility index (Phi) is 32.0. The van der Waals surface area contributed by atoms with Gasteiger partial charge in [0.2, 0.25) is 0 Å². The Morgan fingerprint density at radius 2 is 1.50 bits per heavy atom. The van der Waals surface area contributed by atoms with E-state index in [-0.39, 0.29) is 30.7 Å². The third kappa shape index (κ3) is 24.5. The Morgan fingerprint density at radius 1 is 1.00 bits per heavy atom. The van der Waals surface area contributed by atoms with Crippen molar-refractivity contribution in [3.8, 4) is 0 Å². The van der Waals surface area contributed by atoms with Crippen molar-refractivity contribution in [2.75, 3.05) is 33.0 Å². The third-order valence-electron chi connectivity index (χ3n) is 3.00. The molecular formula is C24H48O8. The van der Waals surface area contributed by atoms with Crippen molar-refractivity contribution in [1.82, 2.24) is 0 Å². The first-order chi connectivity index (χ1) is 15.3. The molecule has 1 aliphatic rings. The van der Waals surface area contributed by atoms with Crippen LogP contribution in [0, 0.1) is 0 Å². The molecular weight excluding hydrogens is 416 g/mol. The van der Waals surface area contributed by atoms with E-state index in [1.54, 1.807) is 26.8 Å². The van der Waals surface area contributed by atoms with Crippen molar-refractivity contribution in [2.24, 2.45) is 0 Å². The van der Waals surface area contributed by atoms with E-state index in [1.165, 1.54) is 6.92 Å². The Labute approximate surface area is 196 Å². The largest absolute Gasteiger partial charge is 0.466 e. The van der Waals surface area contributed by atoms with Gasteiger partial charge in [-0.3, -0.25) is 14.4 Å². The summed E-state index contributed by atoms with van der Waals surface area (Å²) >= 11 is 0. The predicted molar refractivity (Wildman–Crippen MR) is 127 cm³/mol. The summed E-state index contributed by atoms with van der Waals surface area (Å²) in [4.78, 5) is 32.0. The highest BCUT2D eigenvalue weighted by Crippen LogP contribution is 2.27. The number of carbonyl (C=O) groups excluding carboxylic acids is 3. The fraction of sp³-hybridized carbons (Fsp3) is 0.792. The molecule has 0 aromatic carbocycles. The average Bonchev–Trinajstić information content (AvgIpc) is 3.13. The Morgan fingerprint density at radius 3 is 1.94 bits per heavy atom. The quantitative estimate of drug-likeness (QED) is 0.195. The molecule has 0 bridgehead atoms. The minimum atomic E-state index is -0.894. The molecule has 192 valence electrons. The molecule has 2 atom stereocenters. The number of hydrogen-bond acceptors (Lipinski definition) is 8. The number of ketones is 1. The Hall–Kier alpha value is -1.77. The van der Waals surface area contributed by atoms with Crippen LogP contribution in [0.4, 0.5) is 0 Å². The minimum absolute atomic E-state index is 0.0960. The molecule has 8 nitrogen and oxygen atoms in total. The summed E-state index contributed by atoms with van der Waals surface area (Å²) in [6.45, 7) is 24.2. The second-order valence-electron chi connectivity index (χ2n) is 5.68. The van der Waals surface area contributed by atoms with E-state index in [0.717, 1.165) is 0 Å². The molecule has 0 radical (unpaired) electrons. The maximum Gasteiger partial charge on any atom is 0.313 e. The van der Waals surface area contributed by atoms with E-state index < -0.39 is 11.8 Å². The lowest BCUT2D eigenvalue weighted by Gasteiger charge is -2.22. The maximum absolute atomic E-state index is 11.3. The normalized spacial score (nSPS) is 17.9. The first-order valence-electron chi connectivity index (χ1n) is 11.6. The number of carbonyl (C=O) groups is 3. The van der Waals surface area contributed by atoms with E-state index in [9.17, 15) is 14.4 Å². The fourth-order valence-electron chi connectivity index (χ4n) is 2.04. The topological polar surface area (TPSA) is 97.4 Å². The van der Waals surface area contributed by atoms with Crippen LogP contribution in [0.3, 0.4) is 0 Å². The molecule has 1 rings (SSSR count). The molecule has 8 heteroatoms. The lowest BCUT2D eigenvalue weighted by atomic mass is 10.2. The van der Waals surface area contributed by atoms with Crippen LogP contribution in [-0.4, -0.2) is 62.6 Å². The number of Topliss-reactive ketones (excluding diaryl/α,β-unsaturated/α-hetero) is 1. The van der Waals surface area contributed by atoms with Crippen molar-refractivity contribution >= 4 is 17.7 Å². The van der Waals surface area contributed by atoms with Crippen molar-refractivity contribution in [3.05, 3.63) is 12.7 Å². The van der Waals surface area contributed by atoms with Gasteiger partial charge in [-0.1, -0.05) is 47.6 Å². The highest BCUT2D eigenvalue weighted by molar-refractivity contribution is 5.94. The molecule has 2 unspecified atom stereocenters. The standard InChI is InChI=1S/C12H20O5.C6H10O3.3C2H6/c1-4-6-14-8-10-9-16-12(3,17-10)7-11(13)15-5-2;1-3-9-6(8)4-5(2)7;3*1-2/h4,10H,1,5-9H2,2-3H3;3-4H2,1-2H3;3*1-2H3. The zero-order valence-electron chi connectivity index (χ0n) is 22.1. The van der Waals surface area contributed by atoms with Gasteiger partial charge in [0.25, 0.3) is 0 Å². The number of hydrogen-bond donors (Lipinski definition) is 0. The monoisotopic (exact) mass is 464 g/mol. The summed E-state index contributed by atoms with van der Waals surface area (Å²) in [6.07, 6.45) is 1.52. The Bertz CT molecular complexity index is 465. The van der Waals surface area contributed by atoms with Crippen LogP contribution in [0.2, 0.25) is 0 Å². The van der Waals surface area contributed by atoms with Crippen LogP contribution < -0.4 is 0 Å². The van der Waals surface area contributed by atoms with Crippen molar-refractivity contribution < 1.29 is 38.1 Å². The molecule has 0 spiro atoms.